The molecule has 6 rings (SSSR count). The van der Waals surface area contributed by atoms with Crippen molar-refractivity contribution in [1.29, 1.82) is 0 Å². The number of fused-ring (bicyclic) bond motifs is 4. The second kappa shape index (κ2) is 11.1. The van der Waals surface area contributed by atoms with Crippen LogP contribution in [0.2, 0.25) is 0 Å². The van der Waals surface area contributed by atoms with E-state index in [-0.39, 0.29) is 70.9 Å². The molecule has 0 aromatic carbocycles. The van der Waals surface area contributed by atoms with Gasteiger partial charge in [0.2, 0.25) is 0 Å². The zero-order valence-corrected chi connectivity index (χ0v) is 28.9. The predicted octanol–water partition coefficient (Wildman–Crippen LogP) is 4.21. The van der Waals surface area contributed by atoms with Gasteiger partial charge >= 0.3 is 5.97 Å². The molecule has 4 N–H and O–H groups in total. The van der Waals surface area contributed by atoms with Crippen LogP contribution in [-0.2, 0) is 23.7 Å². The highest BCUT2D eigenvalue weighted by atomic mass is 16.7. The van der Waals surface area contributed by atoms with Gasteiger partial charge in [0.1, 0.15) is 0 Å². The van der Waals surface area contributed by atoms with Gasteiger partial charge in [-0.2, -0.15) is 0 Å². The SMILES string of the molecule is CC(=O)O[C@@H]([C@H]1C[C@@H](C)C2C(O1)[C@H](O)[C@@]1(C)[C@@H]3CC[C@H]4C(C)(C)[C@@H](OC(CO)OCCO)CC[C@@]45C[C@@]35CC[C@]21C)C(C)(C)O. The lowest BCUT2D eigenvalue weighted by Gasteiger charge is -2.63. The molecule has 0 aromatic heterocycles. The molecule has 14 atom stereocenters. The number of hydrogen-bond acceptors (Lipinski definition) is 9. The molecule has 1 aliphatic heterocycles. The van der Waals surface area contributed by atoms with E-state index < -0.39 is 36.2 Å². The molecular formula is C36H60O9. The highest BCUT2D eigenvalue weighted by molar-refractivity contribution is 5.66. The van der Waals surface area contributed by atoms with E-state index in [9.17, 15) is 25.2 Å². The maximum atomic E-state index is 12.5. The van der Waals surface area contributed by atoms with E-state index in [0.29, 0.717) is 18.3 Å². The third-order valence-corrected chi connectivity index (χ3v) is 15.0. The van der Waals surface area contributed by atoms with Crippen LogP contribution in [0.5, 0.6) is 0 Å². The standard InChI is InChI=1S/C36H60O9/c1-20-17-22(30(32(5,6)41)43-21(2)39)44-28-27(20)33(7)13-14-36-19-35(36)12-11-25(45-26(18-38)42-16-15-37)31(3,4)23(35)9-10-24(36)34(33,8)29(28)40/h20,22-30,37-38,40-41H,9-19H2,1-8H3/t20-,22-,23+,24+,25+,26?,27?,28?,29+,30+,33-,34-,35-,36+/m1/s1. The topological polar surface area (TPSA) is 135 Å². The summed E-state index contributed by atoms with van der Waals surface area (Å²) < 4.78 is 24.5. The number of hydrogen-bond donors (Lipinski definition) is 4. The van der Waals surface area contributed by atoms with Crippen LogP contribution >= 0.6 is 0 Å². The second-order valence-corrected chi connectivity index (χ2v) is 17.6. The minimum Gasteiger partial charge on any atom is -0.457 e. The van der Waals surface area contributed by atoms with Gasteiger partial charge < -0.3 is 39.4 Å². The summed E-state index contributed by atoms with van der Waals surface area (Å²) in [5.41, 5.74) is -1.35. The van der Waals surface area contributed by atoms with Crippen LogP contribution in [0.4, 0.5) is 0 Å². The fourth-order valence-corrected chi connectivity index (χ4v) is 13.1. The molecule has 0 radical (unpaired) electrons. The molecule has 0 bridgehead atoms. The third-order valence-electron chi connectivity index (χ3n) is 15.0. The lowest BCUT2D eigenvalue weighted by Crippen LogP contribution is -2.60. The lowest BCUT2D eigenvalue weighted by molar-refractivity contribution is -0.243. The Morgan fingerprint density at radius 2 is 1.69 bits per heavy atom. The Kier molecular flexibility index (Phi) is 8.41. The summed E-state index contributed by atoms with van der Waals surface area (Å²) in [6, 6.07) is 0. The van der Waals surface area contributed by atoms with E-state index in [1.54, 1.807) is 13.8 Å². The molecule has 9 nitrogen and oxygen atoms in total. The molecule has 2 spiro atoms. The molecule has 3 unspecified atom stereocenters. The summed E-state index contributed by atoms with van der Waals surface area (Å²) in [5, 5.41) is 42.6. The minimum atomic E-state index is -1.27. The Morgan fingerprint density at radius 1 is 1.02 bits per heavy atom. The summed E-state index contributed by atoms with van der Waals surface area (Å²) in [6.07, 6.45) is 5.20. The van der Waals surface area contributed by atoms with Crippen molar-refractivity contribution in [2.24, 2.45) is 50.7 Å². The van der Waals surface area contributed by atoms with E-state index in [1.165, 1.54) is 19.8 Å². The minimum absolute atomic E-state index is 0.0327. The molecule has 1 saturated heterocycles. The Hall–Kier alpha value is -0.810. The zero-order valence-electron chi connectivity index (χ0n) is 28.9. The van der Waals surface area contributed by atoms with Crippen LogP contribution < -0.4 is 0 Å². The largest absolute Gasteiger partial charge is 0.457 e. The quantitative estimate of drug-likeness (QED) is 0.217. The number of esters is 1. The first-order valence-corrected chi connectivity index (χ1v) is 17.7. The average Bonchev–Trinajstić information content (AvgIpc) is 3.59. The first-order valence-electron chi connectivity index (χ1n) is 17.7. The summed E-state index contributed by atoms with van der Waals surface area (Å²) in [4.78, 5) is 12.0. The van der Waals surface area contributed by atoms with Crippen molar-refractivity contribution in [3.8, 4) is 0 Å². The van der Waals surface area contributed by atoms with Gasteiger partial charge in [-0.15, -0.1) is 0 Å². The summed E-state index contributed by atoms with van der Waals surface area (Å²) in [6.45, 7) is 16.2. The molecular weight excluding hydrogens is 576 g/mol. The van der Waals surface area contributed by atoms with Crippen LogP contribution in [0.15, 0.2) is 0 Å². The maximum Gasteiger partial charge on any atom is 0.303 e. The molecule has 6 aliphatic rings. The maximum absolute atomic E-state index is 12.5. The second-order valence-electron chi connectivity index (χ2n) is 17.6. The highest BCUT2D eigenvalue weighted by Gasteiger charge is 2.84. The first-order chi connectivity index (χ1) is 20.9. The molecule has 45 heavy (non-hydrogen) atoms. The number of ether oxygens (including phenoxy) is 4. The molecule has 5 saturated carbocycles. The van der Waals surface area contributed by atoms with Gasteiger partial charge in [0.05, 0.1) is 49.8 Å². The van der Waals surface area contributed by atoms with Crippen LogP contribution in [0, 0.1) is 50.7 Å². The van der Waals surface area contributed by atoms with E-state index >= 15 is 0 Å². The molecule has 0 aromatic rings. The normalized spacial score (nSPS) is 49.4. The number of aliphatic hydroxyl groups is 4. The van der Waals surface area contributed by atoms with Crippen LogP contribution in [0.3, 0.4) is 0 Å². The highest BCUT2D eigenvalue weighted by Crippen LogP contribution is 2.89. The average molecular weight is 637 g/mol. The Balaban J connectivity index is 1.27. The summed E-state index contributed by atoms with van der Waals surface area (Å²) in [5.74, 6) is 0.869. The van der Waals surface area contributed by atoms with Crippen molar-refractivity contribution in [1.82, 2.24) is 0 Å². The van der Waals surface area contributed by atoms with Gasteiger partial charge in [0.25, 0.3) is 0 Å². The Bertz CT molecular complexity index is 1140. The Morgan fingerprint density at radius 3 is 2.31 bits per heavy atom. The molecule has 6 fully saturated rings. The number of aliphatic hydroxyl groups excluding tert-OH is 3. The van der Waals surface area contributed by atoms with Gasteiger partial charge in [-0.25, -0.2) is 0 Å². The lowest BCUT2D eigenvalue weighted by atomic mass is 9.41. The fraction of sp³-hybridized carbons (Fsp3) is 0.972. The van der Waals surface area contributed by atoms with Gasteiger partial charge in [0.15, 0.2) is 12.4 Å². The first kappa shape index (κ1) is 34.1. The van der Waals surface area contributed by atoms with Crippen molar-refractivity contribution in [3.63, 3.8) is 0 Å². The van der Waals surface area contributed by atoms with Crippen LogP contribution in [0.25, 0.3) is 0 Å². The molecule has 5 aliphatic carbocycles. The van der Waals surface area contributed by atoms with Crippen LogP contribution in [-0.4, -0.2) is 88.6 Å². The van der Waals surface area contributed by atoms with Gasteiger partial charge in [-0.1, -0.05) is 34.6 Å². The van der Waals surface area contributed by atoms with E-state index in [2.05, 4.69) is 34.6 Å². The monoisotopic (exact) mass is 636 g/mol. The van der Waals surface area contributed by atoms with Crippen molar-refractivity contribution in [2.45, 2.75) is 149 Å². The van der Waals surface area contributed by atoms with Crippen molar-refractivity contribution in [2.75, 3.05) is 19.8 Å². The van der Waals surface area contributed by atoms with Crippen LogP contribution in [0.1, 0.15) is 107 Å². The molecule has 258 valence electrons. The smallest absolute Gasteiger partial charge is 0.303 e. The van der Waals surface area contributed by atoms with E-state index in [1.807, 2.05) is 0 Å². The van der Waals surface area contributed by atoms with Gasteiger partial charge in [-0.05, 0) is 111 Å². The summed E-state index contributed by atoms with van der Waals surface area (Å²) in [7, 11) is 0. The van der Waals surface area contributed by atoms with Crippen molar-refractivity contribution >= 4 is 5.97 Å². The van der Waals surface area contributed by atoms with Gasteiger partial charge in [0, 0.05) is 12.3 Å². The molecule has 1 heterocycles. The van der Waals surface area contributed by atoms with Gasteiger partial charge in [-0.3, -0.25) is 4.79 Å². The summed E-state index contributed by atoms with van der Waals surface area (Å²) >= 11 is 0. The predicted molar refractivity (Wildman–Crippen MR) is 167 cm³/mol. The van der Waals surface area contributed by atoms with E-state index in [4.69, 9.17) is 18.9 Å². The molecule has 9 heteroatoms. The number of carbonyl (C=O) groups is 1. The van der Waals surface area contributed by atoms with E-state index in [0.717, 1.165) is 32.1 Å². The third kappa shape index (κ3) is 4.68. The fourth-order valence-electron chi connectivity index (χ4n) is 13.1. The Labute approximate surface area is 269 Å². The van der Waals surface area contributed by atoms with Crippen molar-refractivity contribution in [3.05, 3.63) is 0 Å². The number of rotatable bonds is 9. The van der Waals surface area contributed by atoms with Crippen molar-refractivity contribution < 1.29 is 44.2 Å². The number of carbonyl (C=O) groups excluding carboxylic acids is 1. The zero-order chi connectivity index (χ0) is 33.0. The molecule has 0 amide bonds.